The summed E-state index contributed by atoms with van der Waals surface area (Å²) in [5.41, 5.74) is -0.0129. The molecule has 1 aromatic heterocycles. The maximum Gasteiger partial charge on any atom is 0.264 e. The lowest BCUT2D eigenvalue weighted by atomic mass is 9.91. The molecule has 0 radical (unpaired) electrons. The van der Waals surface area contributed by atoms with Gasteiger partial charge >= 0.3 is 0 Å². The monoisotopic (exact) mass is 316 g/mol. The smallest absolute Gasteiger partial charge is 0.264 e. The molecule has 7 nitrogen and oxygen atoms in total. The molecule has 1 aliphatic heterocycles. The number of piperidine rings is 1. The van der Waals surface area contributed by atoms with Gasteiger partial charge in [0.25, 0.3) is 10.1 Å². The maximum absolute atomic E-state index is 13.9. The van der Waals surface area contributed by atoms with Crippen molar-refractivity contribution in [2.45, 2.75) is 25.4 Å². The van der Waals surface area contributed by atoms with Crippen molar-refractivity contribution in [1.29, 1.82) is 0 Å². The summed E-state index contributed by atoms with van der Waals surface area (Å²) >= 11 is 0. The Balaban J connectivity index is 2.33. The standard InChI is InChI=1S/C12H13FN2O5S/c1-21(18,19)20-6-8-9(13)4-5-14-11(8)7-2-3-10(16)15-12(7)17/h4-5,7H,2-3,6H2,1H3,(H,15,16,17). The van der Waals surface area contributed by atoms with E-state index in [1.165, 1.54) is 6.20 Å². The highest BCUT2D eigenvalue weighted by Crippen LogP contribution is 2.27. The Labute approximate surface area is 120 Å². The van der Waals surface area contributed by atoms with Crippen molar-refractivity contribution in [3.05, 3.63) is 29.3 Å². The van der Waals surface area contributed by atoms with E-state index in [4.69, 9.17) is 0 Å². The Morgan fingerprint density at radius 3 is 2.81 bits per heavy atom. The van der Waals surface area contributed by atoms with Crippen molar-refractivity contribution < 1.29 is 26.6 Å². The fourth-order valence-electron chi connectivity index (χ4n) is 2.05. The molecule has 0 aromatic carbocycles. The summed E-state index contributed by atoms with van der Waals surface area (Å²) in [5.74, 6) is -2.50. The first kappa shape index (κ1) is 15.5. The van der Waals surface area contributed by atoms with E-state index in [1.54, 1.807) is 0 Å². The predicted octanol–water partition coefficient (Wildman–Crippen LogP) is 0.217. The summed E-state index contributed by atoms with van der Waals surface area (Å²) < 4.78 is 40.5. The number of hydrogen-bond donors (Lipinski definition) is 1. The first-order chi connectivity index (χ1) is 9.78. The molecule has 0 aliphatic carbocycles. The Kier molecular flexibility index (Phi) is 4.33. The van der Waals surface area contributed by atoms with Crippen molar-refractivity contribution in [1.82, 2.24) is 10.3 Å². The van der Waals surface area contributed by atoms with Gasteiger partial charge in [0.15, 0.2) is 0 Å². The SMILES string of the molecule is CS(=O)(=O)OCc1c(F)ccnc1C1CCC(=O)NC1=O. The summed E-state index contributed by atoms with van der Waals surface area (Å²) in [6.45, 7) is -0.550. The molecular weight excluding hydrogens is 303 g/mol. The maximum atomic E-state index is 13.9. The molecule has 0 saturated carbocycles. The fraction of sp³-hybridized carbons (Fsp3) is 0.417. The van der Waals surface area contributed by atoms with Crippen molar-refractivity contribution in [2.24, 2.45) is 0 Å². The number of rotatable bonds is 4. The Bertz CT molecular complexity index is 689. The van der Waals surface area contributed by atoms with Gasteiger partial charge in [-0.25, -0.2) is 4.39 Å². The van der Waals surface area contributed by atoms with Crippen molar-refractivity contribution in [3.63, 3.8) is 0 Å². The predicted molar refractivity (Wildman–Crippen MR) is 69.0 cm³/mol. The highest BCUT2D eigenvalue weighted by molar-refractivity contribution is 7.85. The van der Waals surface area contributed by atoms with Crippen LogP contribution in [0.4, 0.5) is 4.39 Å². The summed E-state index contributed by atoms with van der Waals surface area (Å²) in [7, 11) is -3.76. The van der Waals surface area contributed by atoms with Gasteiger partial charge in [0.05, 0.1) is 24.5 Å². The zero-order valence-electron chi connectivity index (χ0n) is 11.1. The molecule has 0 bridgehead atoms. The highest BCUT2D eigenvalue weighted by Gasteiger charge is 2.31. The van der Waals surface area contributed by atoms with Crippen LogP contribution >= 0.6 is 0 Å². The number of aromatic nitrogens is 1. The number of hydrogen-bond acceptors (Lipinski definition) is 6. The van der Waals surface area contributed by atoms with Gasteiger partial charge in [-0.2, -0.15) is 8.42 Å². The van der Waals surface area contributed by atoms with E-state index >= 15 is 0 Å². The molecule has 21 heavy (non-hydrogen) atoms. The third-order valence-electron chi connectivity index (χ3n) is 3.02. The second-order valence-corrected chi connectivity index (χ2v) is 6.27. The van der Waals surface area contributed by atoms with Crippen LogP contribution in [-0.2, 0) is 30.5 Å². The van der Waals surface area contributed by atoms with Crippen LogP contribution in [-0.4, -0.2) is 31.5 Å². The quantitative estimate of drug-likeness (QED) is 0.629. The van der Waals surface area contributed by atoms with E-state index < -0.39 is 40.3 Å². The largest absolute Gasteiger partial charge is 0.296 e. The van der Waals surface area contributed by atoms with Crippen LogP contribution in [0.1, 0.15) is 30.0 Å². The minimum absolute atomic E-state index is 0.0867. The third kappa shape index (κ3) is 3.82. The van der Waals surface area contributed by atoms with Gasteiger partial charge in [0, 0.05) is 18.2 Å². The number of nitrogens with zero attached hydrogens (tertiary/aromatic N) is 1. The van der Waals surface area contributed by atoms with Crippen LogP contribution in [0.5, 0.6) is 0 Å². The fourth-order valence-corrected chi connectivity index (χ4v) is 2.38. The van der Waals surface area contributed by atoms with Crippen molar-refractivity contribution >= 4 is 21.9 Å². The number of amides is 2. The van der Waals surface area contributed by atoms with Gasteiger partial charge in [-0.1, -0.05) is 0 Å². The Morgan fingerprint density at radius 1 is 1.48 bits per heavy atom. The third-order valence-corrected chi connectivity index (χ3v) is 3.56. The Morgan fingerprint density at radius 2 is 2.19 bits per heavy atom. The number of halogens is 1. The van der Waals surface area contributed by atoms with Gasteiger partial charge in [-0.15, -0.1) is 0 Å². The van der Waals surface area contributed by atoms with Crippen molar-refractivity contribution in [2.75, 3.05) is 6.26 Å². The van der Waals surface area contributed by atoms with E-state index in [0.717, 1.165) is 12.3 Å². The van der Waals surface area contributed by atoms with Gasteiger partial charge in [0.2, 0.25) is 11.8 Å². The summed E-state index contributed by atoms with van der Waals surface area (Å²) in [6, 6.07) is 1.05. The summed E-state index contributed by atoms with van der Waals surface area (Å²) in [4.78, 5) is 26.9. The first-order valence-corrected chi connectivity index (χ1v) is 7.91. The molecule has 2 rings (SSSR count). The lowest BCUT2D eigenvalue weighted by molar-refractivity contribution is -0.134. The highest BCUT2D eigenvalue weighted by atomic mass is 32.2. The average Bonchev–Trinajstić information content (AvgIpc) is 2.36. The lowest BCUT2D eigenvalue weighted by Crippen LogP contribution is -2.40. The molecule has 1 aliphatic rings. The van der Waals surface area contributed by atoms with E-state index in [1.807, 2.05) is 0 Å². The molecule has 114 valence electrons. The first-order valence-electron chi connectivity index (χ1n) is 6.09. The van der Waals surface area contributed by atoms with Crippen LogP contribution in [0.2, 0.25) is 0 Å². The van der Waals surface area contributed by atoms with E-state index in [2.05, 4.69) is 14.5 Å². The van der Waals surface area contributed by atoms with Crippen LogP contribution in [0, 0.1) is 5.82 Å². The zero-order chi connectivity index (χ0) is 15.6. The second-order valence-electron chi connectivity index (χ2n) is 4.63. The topological polar surface area (TPSA) is 102 Å². The van der Waals surface area contributed by atoms with E-state index in [0.29, 0.717) is 0 Å². The number of carbonyl (C=O) groups excluding carboxylic acids is 2. The second kappa shape index (κ2) is 5.86. The minimum atomic E-state index is -3.76. The average molecular weight is 316 g/mol. The van der Waals surface area contributed by atoms with Gasteiger partial charge in [-0.05, 0) is 12.5 Å². The number of carbonyl (C=O) groups is 2. The summed E-state index contributed by atoms with van der Waals surface area (Å²) in [6.07, 6.45) is 2.32. The molecule has 1 fully saturated rings. The zero-order valence-corrected chi connectivity index (χ0v) is 11.9. The summed E-state index contributed by atoms with van der Waals surface area (Å²) in [5, 5.41) is 2.15. The Hall–Kier alpha value is -1.87. The molecule has 2 heterocycles. The molecule has 9 heteroatoms. The minimum Gasteiger partial charge on any atom is -0.296 e. The van der Waals surface area contributed by atoms with E-state index in [-0.39, 0.29) is 24.1 Å². The molecule has 1 saturated heterocycles. The molecule has 2 amide bonds. The molecule has 1 unspecified atom stereocenters. The molecular formula is C12H13FN2O5S. The van der Waals surface area contributed by atoms with Crippen LogP contribution in [0.25, 0.3) is 0 Å². The molecule has 0 spiro atoms. The van der Waals surface area contributed by atoms with Crippen molar-refractivity contribution in [3.8, 4) is 0 Å². The molecule has 1 N–H and O–H groups in total. The normalized spacial score (nSPS) is 19.4. The number of imide groups is 1. The van der Waals surface area contributed by atoms with Gasteiger partial charge < -0.3 is 0 Å². The van der Waals surface area contributed by atoms with E-state index in [9.17, 15) is 22.4 Å². The van der Waals surface area contributed by atoms with Crippen LogP contribution in [0.15, 0.2) is 12.3 Å². The van der Waals surface area contributed by atoms with Gasteiger partial charge in [0.1, 0.15) is 5.82 Å². The van der Waals surface area contributed by atoms with Gasteiger partial charge in [-0.3, -0.25) is 24.1 Å². The van der Waals surface area contributed by atoms with Crippen LogP contribution in [0.3, 0.4) is 0 Å². The number of pyridine rings is 1. The molecule has 1 aromatic rings. The number of nitrogens with one attached hydrogen (secondary N) is 1. The van der Waals surface area contributed by atoms with Crippen LogP contribution < -0.4 is 5.32 Å². The lowest BCUT2D eigenvalue weighted by Gasteiger charge is -2.22. The molecule has 1 atom stereocenters.